The minimum atomic E-state index is 0.186. The van der Waals surface area contributed by atoms with Crippen LogP contribution in [-0.4, -0.2) is 42.3 Å². The van der Waals surface area contributed by atoms with Gasteiger partial charge in [-0.05, 0) is 32.6 Å². The first-order valence-electron chi connectivity index (χ1n) is 6.79. The number of nitrogens with zero attached hydrogens (tertiary/aromatic N) is 1. The van der Waals surface area contributed by atoms with Crippen LogP contribution in [0.3, 0.4) is 0 Å². The van der Waals surface area contributed by atoms with Crippen molar-refractivity contribution in [1.29, 1.82) is 0 Å². The maximum absolute atomic E-state index is 6.02. The van der Waals surface area contributed by atoms with E-state index in [1.54, 1.807) is 0 Å². The van der Waals surface area contributed by atoms with Gasteiger partial charge in [0, 0.05) is 24.7 Å². The standard InChI is InChI=1S/C13H26N2O/c1-3-7-13(2,10-14)15-8-9-16-12-6-4-5-11(12)15/h11-12H,3-10,14H2,1-2H3. The summed E-state index contributed by atoms with van der Waals surface area (Å²) in [5, 5.41) is 0. The van der Waals surface area contributed by atoms with E-state index in [4.69, 9.17) is 10.5 Å². The van der Waals surface area contributed by atoms with Crippen LogP contribution in [0.4, 0.5) is 0 Å². The van der Waals surface area contributed by atoms with Gasteiger partial charge < -0.3 is 10.5 Å². The van der Waals surface area contributed by atoms with Crippen molar-refractivity contribution in [2.75, 3.05) is 19.7 Å². The molecule has 1 saturated heterocycles. The number of hydrogen-bond donors (Lipinski definition) is 1. The Bertz CT molecular complexity index is 234. The zero-order chi connectivity index (χ0) is 11.6. The molecule has 1 aliphatic heterocycles. The first kappa shape index (κ1) is 12.3. The predicted molar refractivity (Wildman–Crippen MR) is 66.5 cm³/mol. The maximum Gasteiger partial charge on any atom is 0.0731 e. The lowest BCUT2D eigenvalue weighted by atomic mass is 9.90. The highest BCUT2D eigenvalue weighted by atomic mass is 16.5. The van der Waals surface area contributed by atoms with Gasteiger partial charge in [0.1, 0.15) is 0 Å². The van der Waals surface area contributed by atoms with Gasteiger partial charge in [0.05, 0.1) is 12.7 Å². The van der Waals surface area contributed by atoms with Crippen molar-refractivity contribution in [3.05, 3.63) is 0 Å². The van der Waals surface area contributed by atoms with Gasteiger partial charge in [-0.3, -0.25) is 4.90 Å². The summed E-state index contributed by atoms with van der Waals surface area (Å²) in [6.45, 7) is 7.30. The second-order valence-corrected chi connectivity index (χ2v) is 5.55. The summed E-state index contributed by atoms with van der Waals surface area (Å²) >= 11 is 0. The van der Waals surface area contributed by atoms with E-state index in [0.717, 1.165) is 19.7 Å². The van der Waals surface area contributed by atoms with Crippen LogP contribution in [-0.2, 0) is 4.74 Å². The van der Waals surface area contributed by atoms with Crippen molar-refractivity contribution in [2.45, 2.75) is 63.6 Å². The van der Waals surface area contributed by atoms with Gasteiger partial charge in [-0.2, -0.15) is 0 Å². The van der Waals surface area contributed by atoms with E-state index in [1.807, 2.05) is 0 Å². The highest BCUT2D eigenvalue weighted by molar-refractivity contribution is 4.98. The lowest BCUT2D eigenvalue weighted by Gasteiger charge is -2.48. The molecule has 1 saturated carbocycles. The second-order valence-electron chi connectivity index (χ2n) is 5.55. The van der Waals surface area contributed by atoms with E-state index < -0.39 is 0 Å². The topological polar surface area (TPSA) is 38.5 Å². The van der Waals surface area contributed by atoms with Crippen LogP contribution in [0.15, 0.2) is 0 Å². The molecule has 0 bridgehead atoms. The normalized spacial score (nSPS) is 34.7. The third-order valence-corrected chi connectivity index (χ3v) is 4.40. The molecule has 0 spiro atoms. The van der Waals surface area contributed by atoms with E-state index in [1.165, 1.54) is 32.1 Å². The monoisotopic (exact) mass is 226 g/mol. The van der Waals surface area contributed by atoms with Crippen molar-refractivity contribution in [3.63, 3.8) is 0 Å². The molecule has 94 valence electrons. The largest absolute Gasteiger partial charge is 0.375 e. The highest BCUT2D eigenvalue weighted by Crippen LogP contribution is 2.35. The molecule has 3 heteroatoms. The Morgan fingerprint density at radius 1 is 1.44 bits per heavy atom. The Morgan fingerprint density at radius 2 is 2.25 bits per heavy atom. The Hall–Kier alpha value is -0.120. The Kier molecular flexibility index (Phi) is 3.88. The zero-order valence-electron chi connectivity index (χ0n) is 10.7. The smallest absolute Gasteiger partial charge is 0.0731 e. The molecule has 0 radical (unpaired) electrons. The third kappa shape index (κ3) is 2.13. The van der Waals surface area contributed by atoms with Gasteiger partial charge in [-0.15, -0.1) is 0 Å². The molecule has 16 heavy (non-hydrogen) atoms. The molecule has 0 aromatic heterocycles. The van der Waals surface area contributed by atoms with Crippen LogP contribution in [0.25, 0.3) is 0 Å². The van der Waals surface area contributed by atoms with Crippen molar-refractivity contribution < 1.29 is 4.74 Å². The van der Waals surface area contributed by atoms with Crippen LogP contribution >= 0.6 is 0 Å². The molecule has 0 amide bonds. The van der Waals surface area contributed by atoms with Crippen LogP contribution < -0.4 is 5.73 Å². The number of ether oxygens (including phenoxy) is 1. The Balaban J connectivity index is 2.10. The fraction of sp³-hybridized carbons (Fsp3) is 1.00. The lowest BCUT2D eigenvalue weighted by Crippen LogP contribution is -2.61. The van der Waals surface area contributed by atoms with E-state index in [9.17, 15) is 0 Å². The molecule has 1 aliphatic carbocycles. The summed E-state index contributed by atoms with van der Waals surface area (Å²) in [6.07, 6.45) is 6.75. The van der Waals surface area contributed by atoms with Gasteiger partial charge >= 0.3 is 0 Å². The molecule has 0 aromatic rings. The lowest BCUT2D eigenvalue weighted by molar-refractivity contribution is -0.0952. The average Bonchev–Trinajstić information content (AvgIpc) is 2.76. The number of fused-ring (bicyclic) bond motifs is 1. The number of rotatable bonds is 4. The summed E-state index contributed by atoms with van der Waals surface area (Å²) < 4.78 is 5.87. The summed E-state index contributed by atoms with van der Waals surface area (Å²) in [7, 11) is 0. The van der Waals surface area contributed by atoms with Crippen LogP contribution in [0.5, 0.6) is 0 Å². The van der Waals surface area contributed by atoms with Gasteiger partial charge in [0.2, 0.25) is 0 Å². The third-order valence-electron chi connectivity index (χ3n) is 4.40. The van der Waals surface area contributed by atoms with Crippen molar-refractivity contribution in [1.82, 2.24) is 4.90 Å². The van der Waals surface area contributed by atoms with Gasteiger partial charge in [0.25, 0.3) is 0 Å². The molecule has 3 atom stereocenters. The number of hydrogen-bond acceptors (Lipinski definition) is 3. The fourth-order valence-electron chi connectivity index (χ4n) is 3.50. The number of nitrogens with two attached hydrogens (primary N) is 1. The van der Waals surface area contributed by atoms with Crippen LogP contribution in [0.2, 0.25) is 0 Å². The summed E-state index contributed by atoms with van der Waals surface area (Å²) in [5.74, 6) is 0. The van der Waals surface area contributed by atoms with Gasteiger partial charge in [0.15, 0.2) is 0 Å². The minimum absolute atomic E-state index is 0.186. The summed E-state index contributed by atoms with van der Waals surface area (Å²) in [6, 6.07) is 0.633. The molecular weight excluding hydrogens is 200 g/mol. The fourth-order valence-corrected chi connectivity index (χ4v) is 3.50. The molecule has 3 unspecified atom stereocenters. The molecule has 1 heterocycles. The second kappa shape index (κ2) is 5.03. The minimum Gasteiger partial charge on any atom is -0.375 e. The van der Waals surface area contributed by atoms with E-state index in [-0.39, 0.29) is 5.54 Å². The number of morpholine rings is 1. The first-order chi connectivity index (χ1) is 7.71. The van der Waals surface area contributed by atoms with Crippen molar-refractivity contribution in [2.24, 2.45) is 5.73 Å². The first-order valence-corrected chi connectivity index (χ1v) is 6.79. The molecule has 2 N–H and O–H groups in total. The maximum atomic E-state index is 6.02. The summed E-state index contributed by atoms with van der Waals surface area (Å²) in [4.78, 5) is 2.65. The van der Waals surface area contributed by atoms with E-state index >= 15 is 0 Å². The quantitative estimate of drug-likeness (QED) is 0.794. The van der Waals surface area contributed by atoms with Crippen LogP contribution in [0.1, 0.15) is 46.0 Å². The molecule has 0 aromatic carbocycles. The van der Waals surface area contributed by atoms with Crippen molar-refractivity contribution >= 4 is 0 Å². The van der Waals surface area contributed by atoms with E-state index in [2.05, 4.69) is 18.7 Å². The Labute approximate surface area is 99.3 Å². The molecule has 2 aliphatic rings. The van der Waals surface area contributed by atoms with Gasteiger partial charge in [-0.1, -0.05) is 13.3 Å². The van der Waals surface area contributed by atoms with E-state index in [0.29, 0.717) is 12.1 Å². The summed E-state index contributed by atoms with van der Waals surface area (Å²) in [5.41, 5.74) is 6.21. The van der Waals surface area contributed by atoms with Gasteiger partial charge in [-0.25, -0.2) is 0 Å². The molecular formula is C13H26N2O. The highest BCUT2D eigenvalue weighted by Gasteiger charge is 2.43. The average molecular weight is 226 g/mol. The van der Waals surface area contributed by atoms with Crippen LogP contribution in [0, 0.1) is 0 Å². The molecule has 2 fully saturated rings. The predicted octanol–water partition coefficient (Wildman–Crippen LogP) is 1.76. The molecule has 3 nitrogen and oxygen atoms in total. The SMILES string of the molecule is CCCC(C)(CN)N1CCOC2CCCC21. The molecule has 2 rings (SSSR count). The Morgan fingerprint density at radius 3 is 2.94 bits per heavy atom. The zero-order valence-corrected chi connectivity index (χ0v) is 10.7. The van der Waals surface area contributed by atoms with Crippen molar-refractivity contribution in [3.8, 4) is 0 Å².